The molecule has 2 aromatic heterocycles. The lowest BCUT2D eigenvalue weighted by molar-refractivity contribution is 0.915. The van der Waals surface area contributed by atoms with Gasteiger partial charge in [-0.3, -0.25) is 14.3 Å². The third kappa shape index (κ3) is 3.31. The van der Waals surface area contributed by atoms with Gasteiger partial charge in [0.2, 0.25) is 0 Å². The second kappa shape index (κ2) is 7.55. The van der Waals surface area contributed by atoms with Crippen LogP contribution in [0.3, 0.4) is 0 Å². The third-order valence-electron chi connectivity index (χ3n) is 3.69. The maximum absolute atomic E-state index is 13.0. The van der Waals surface area contributed by atoms with Crippen molar-refractivity contribution >= 4 is 24.4 Å². The second-order valence-electron chi connectivity index (χ2n) is 5.10. The molecule has 0 saturated carbocycles. The van der Waals surface area contributed by atoms with Gasteiger partial charge in [0.25, 0.3) is 5.56 Å². The summed E-state index contributed by atoms with van der Waals surface area (Å²) in [4.78, 5) is 22.6. The van der Waals surface area contributed by atoms with Gasteiger partial charge in [-0.25, -0.2) is 4.98 Å². The van der Waals surface area contributed by atoms with E-state index in [1.54, 1.807) is 36.3 Å². The standard InChI is InChI=1S/C18H14N4OS2/c1-25-14-4-2-13(3-5-14)22-17(12-6-8-20-9-7-12)21-16(11-24)15(10-19)18(22)23/h2-9,24H,11H2,1H3. The number of thiol groups is 1. The maximum atomic E-state index is 13.0. The number of thioether (sulfide) groups is 1. The van der Waals surface area contributed by atoms with Crippen molar-refractivity contribution in [2.75, 3.05) is 6.26 Å². The monoisotopic (exact) mass is 366 g/mol. The molecule has 5 nitrogen and oxygen atoms in total. The molecule has 7 heteroatoms. The molecule has 0 unspecified atom stereocenters. The first-order valence-electron chi connectivity index (χ1n) is 7.41. The van der Waals surface area contributed by atoms with Crippen LogP contribution in [0.1, 0.15) is 11.3 Å². The molecule has 0 amide bonds. The second-order valence-corrected chi connectivity index (χ2v) is 6.30. The Morgan fingerprint density at radius 1 is 1.20 bits per heavy atom. The third-order valence-corrected chi connectivity index (χ3v) is 4.73. The Labute approximate surface area is 154 Å². The number of aromatic nitrogens is 3. The minimum Gasteiger partial charge on any atom is -0.267 e. The molecule has 2 heterocycles. The van der Waals surface area contributed by atoms with E-state index in [0.29, 0.717) is 17.2 Å². The highest BCUT2D eigenvalue weighted by Gasteiger charge is 2.18. The van der Waals surface area contributed by atoms with Gasteiger partial charge in [0, 0.05) is 28.6 Å². The SMILES string of the molecule is CSc1ccc(-n2c(-c3ccncc3)nc(CS)c(C#N)c2=O)cc1. The molecule has 0 fully saturated rings. The zero-order valence-electron chi connectivity index (χ0n) is 13.4. The van der Waals surface area contributed by atoms with Gasteiger partial charge >= 0.3 is 0 Å². The maximum Gasteiger partial charge on any atom is 0.276 e. The Hall–Kier alpha value is -2.56. The summed E-state index contributed by atoms with van der Waals surface area (Å²) < 4.78 is 1.46. The molecule has 0 N–H and O–H groups in total. The van der Waals surface area contributed by atoms with Crippen molar-refractivity contribution in [2.45, 2.75) is 10.6 Å². The van der Waals surface area contributed by atoms with Crippen molar-refractivity contribution in [3.8, 4) is 23.1 Å². The molecular weight excluding hydrogens is 352 g/mol. The predicted molar refractivity (Wildman–Crippen MR) is 102 cm³/mol. The molecule has 0 spiro atoms. The van der Waals surface area contributed by atoms with Crippen LogP contribution in [0.5, 0.6) is 0 Å². The van der Waals surface area contributed by atoms with E-state index < -0.39 is 5.56 Å². The first kappa shape index (κ1) is 17.3. The Morgan fingerprint density at radius 3 is 2.44 bits per heavy atom. The number of rotatable bonds is 4. The van der Waals surface area contributed by atoms with Crippen molar-refractivity contribution in [1.29, 1.82) is 5.26 Å². The van der Waals surface area contributed by atoms with Crippen LogP contribution in [0.25, 0.3) is 17.1 Å². The molecule has 1 aromatic carbocycles. The van der Waals surface area contributed by atoms with E-state index in [-0.39, 0.29) is 11.3 Å². The van der Waals surface area contributed by atoms with Crippen LogP contribution >= 0.6 is 24.4 Å². The minimum absolute atomic E-state index is 0.0155. The van der Waals surface area contributed by atoms with Crippen LogP contribution in [0.2, 0.25) is 0 Å². The van der Waals surface area contributed by atoms with E-state index in [2.05, 4.69) is 22.6 Å². The quantitative estimate of drug-likeness (QED) is 0.566. The first-order valence-corrected chi connectivity index (χ1v) is 9.27. The van der Waals surface area contributed by atoms with Crippen molar-refractivity contribution in [2.24, 2.45) is 0 Å². The van der Waals surface area contributed by atoms with Crippen LogP contribution in [0.15, 0.2) is 58.5 Å². The highest BCUT2D eigenvalue weighted by molar-refractivity contribution is 7.98. The number of benzene rings is 1. The van der Waals surface area contributed by atoms with Crippen LogP contribution < -0.4 is 5.56 Å². The normalized spacial score (nSPS) is 10.4. The summed E-state index contributed by atoms with van der Waals surface area (Å²) in [5.41, 5.74) is 1.39. The molecule has 0 aliphatic carbocycles. The van der Waals surface area contributed by atoms with Crippen LogP contribution in [-0.4, -0.2) is 20.8 Å². The van der Waals surface area contributed by atoms with Crippen LogP contribution in [-0.2, 0) is 5.75 Å². The number of nitriles is 1. The zero-order valence-corrected chi connectivity index (χ0v) is 15.1. The van der Waals surface area contributed by atoms with E-state index >= 15 is 0 Å². The minimum atomic E-state index is -0.398. The highest BCUT2D eigenvalue weighted by Crippen LogP contribution is 2.23. The van der Waals surface area contributed by atoms with Crippen molar-refractivity contribution in [3.05, 3.63) is 70.4 Å². The van der Waals surface area contributed by atoms with E-state index in [0.717, 1.165) is 10.5 Å². The van der Waals surface area contributed by atoms with Gasteiger partial charge in [0.15, 0.2) is 0 Å². The lowest BCUT2D eigenvalue weighted by Crippen LogP contribution is -2.26. The van der Waals surface area contributed by atoms with Gasteiger partial charge in [0.1, 0.15) is 17.5 Å². The summed E-state index contributed by atoms with van der Waals surface area (Å²) in [5, 5.41) is 9.39. The number of nitrogens with zero attached hydrogens (tertiary/aromatic N) is 4. The smallest absolute Gasteiger partial charge is 0.267 e. The van der Waals surface area contributed by atoms with E-state index in [4.69, 9.17) is 0 Å². The molecule has 0 saturated heterocycles. The van der Waals surface area contributed by atoms with E-state index in [1.165, 1.54) is 4.57 Å². The summed E-state index contributed by atoms with van der Waals surface area (Å²) in [6.45, 7) is 0. The average molecular weight is 366 g/mol. The zero-order chi connectivity index (χ0) is 17.8. The molecule has 0 bridgehead atoms. The van der Waals surface area contributed by atoms with Crippen LogP contribution in [0.4, 0.5) is 0 Å². The van der Waals surface area contributed by atoms with Crippen LogP contribution in [0, 0.1) is 11.3 Å². The summed E-state index contributed by atoms with van der Waals surface area (Å²) in [7, 11) is 0. The fraction of sp³-hybridized carbons (Fsp3) is 0.111. The van der Waals surface area contributed by atoms with Gasteiger partial charge < -0.3 is 0 Å². The Kier molecular flexibility index (Phi) is 5.22. The molecule has 0 aliphatic rings. The Balaban J connectivity index is 2.35. The summed E-state index contributed by atoms with van der Waals surface area (Å²) >= 11 is 5.83. The summed E-state index contributed by atoms with van der Waals surface area (Å²) in [6.07, 6.45) is 5.27. The molecule has 25 heavy (non-hydrogen) atoms. The first-order chi connectivity index (χ1) is 12.2. The number of hydrogen-bond acceptors (Lipinski definition) is 6. The molecule has 0 atom stereocenters. The largest absolute Gasteiger partial charge is 0.276 e. The molecular formula is C18H14N4OS2. The summed E-state index contributed by atoms with van der Waals surface area (Å²) in [5.74, 6) is 0.676. The molecule has 3 rings (SSSR count). The molecule has 3 aromatic rings. The van der Waals surface area contributed by atoms with E-state index in [9.17, 15) is 10.1 Å². The predicted octanol–water partition coefficient (Wildman–Crippen LogP) is 3.32. The summed E-state index contributed by atoms with van der Waals surface area (Å²) in [6, 6.07) is 13.1. The number of pyridine rings is 1. The van der Waals surface area contributed by atoms with Crippen molar-refractivity contribution in [3.63, 3.8) is 0 Å². The highest BCUT2D eigenvalue weighted by atomic mass is 32.2. The van der Waals surface area contributed by atoms with Crippen molar-refractivity contribution < 1.29 is 0 Å². The lowest BCUT2D eigenvalue weighted by Gasteiger charge is -2.15. The number of hydrogen-bond donors (Lipinski definition) is 1. The fourth-order valence-corrected chi connectivity index (χ4v) is 3.09. The van der Waals surface area contributed by atoms with Gasteiger partial charge in [-0.15, -0.1) is 11.8 Å². The van der Waals surface area contributed by atoms with E-state index in [1.807, 2.05) is 36.6 Å². The molecule has 124 valence electrons. The molecule has 0 aliphatic heterocycles. The Bertz CT molecular complexity index is 993. The van der Waals surface area contributed by atoms with Crippen molar-refractivity contribution in [1.82, 2.24) is 14.5 Å². The van der Waals surface area contributed by atoms with Gasteiger partial charge in [0.05, 0.1) is 11.4 Å². The average Bonchev–Trinajstić information content (AvgIpc) is 2.68. The lowest BCUT2D eigenvalue weighted by atomic mass is 10.2. The fourth-order valence-electron chi connectivity index (χ4n) is 2.46. The van der Waals surface area contributed by atoms with Gasteiger partial charge in [-0.05, 0) is 42.7 Å². The Morgan fingerprint density at radius 2 is 1.88 bits per heavy atom. The molecule has 0 radical (unpaired) electrons. The van der Waals surface area contributed by atoms with Gasteiger partial charge in [-0.2, -0.15) is 17.9 Å². The topological polar surface area (TPSA) is 71.6 Å². The van der Waals surface area contributed by atoms with Gasteiger partial charge in [-0.1, -0.05) is 0 Å².